The van der Waals surface area contributed by atoms with Gasteiger partial charge in [0.15, 0.2) is 11.5 Å². The normalized spacial score (nSPS) is 21.0. The zero-order valence-electron chi connectivity index (χ0n) is 11.9. The molecule has 0 radical (unpaired) electrons. The van der Waals surface area contributed by atoms with E-state index in [0.29, 0.717) is 19.8 Å². The van der Waals surface area contributed by atoms with Crippen molar-refractivity contribution >= 4 is 18.3 Å². The molecule has 3 rings (SSSR count). The van der Waals surface area contributed by atoms with Gasteiger partial charge in [0.1, 0.15) is 13.2 Å². The van der Waals surface area contributed by atoms with Crippen molar-refractivity contribution in [2.24, 2.45) is 0 Å². The number of halogens is 1. The highest BCUT2D eigenvalue weighted by atomic mass is 35.5. The number of ether oxygens (including phenoxy) is 2. The molecule has 0 aliphatic carbocycles. The van der Waals surface area contributed by atoms with Gasteiger partial charge in [-0.25, -0.2) is 0 Å². The Kier molecular flexibility index (Phi) is 5.70. The van der Waals surface area contributed by atoms with E-state index < -0.39 is 0 Å². The summed E-state index contributed by atoms with van der Waals surface area (Å²) in [5.41, 5.74) is 1.10. The summed E-state index contributed by atoms with van der Waals surface area (Å²) in [6.07, 6.45) is 3.04. The molecule has 6 heteroatoms. The Hall–Kier alpha value is -1.46. The van der Waals surface area contributed by atoms with E-state index in [1.165, 1.54) is 0 Å². The number of hydrogen-bond donors (Lipinski definition) is 2. The third kappa shape index (κ3) is 4.02. The highest BCUT2D eigenvalue weighted by molar-refractivity contribution is 5.85. The van der Waals surface area contributed by atoms with E-state index in [9.17, 15) is 4.79 Å². The molecule has 21 heavy (non-hydrogen) atoms. The van der Waals surface area contributed by atoms with E-state index in [-0.39, 0.29) is 24.4 Å². The van der Waals surface area contributed by atoms with Gasteiger partial charge < -0.3 is 20.1 Å². The molecule has 2 heterocycles. The van der Waals surface area contributed by atoms with Crippen LogP contribution in [0.1, 0.15) is 24.8 Å². The zero-order chi connectivity index (χ0) is 13.8. The third-order valence-corrected chi connectivity index (χ3v) is 3.69. The molecule has 0 saturated carbocycles. The summed E-state index contributed by atoms with van der Waals surface area (Å²) in [4.78, 5) is 11.8. The van der Waals surface area contributed by atoms with Crippen LogP contribution < -0.4 is 20.1 Å². The third-order valence-electron chi connectivity index (χ3n) is 3.69. The summed E-state index contributed by atoms with van der Waals surface area (Å²) in [7, 11) is 0. The number of fused-ring (bicyclic) bond motifs is 1. The lowest BCUT2D eigenvalue weighted by atomic mass is 10.1. The Morgan fingerprint density at radius 3 is 2.86 bits per heavy atom. The molecule has 2 aliphatic rings. The highest BCUT2D eigenvalue weighted by Crippen LogP contribution is 2.30. The Morgan fingerprint density at radius 1 is 1.19 bits per heavy atom. The van der Waals surface area contributed by atoms with E-state index >= 15 is 0 Å². The van der Waals surface area contributed by atoms with Gasteiger partial charge in [0.25, 0.3) is 0 Å². The van der Waals surface area contributed by atoms with Gasteiger partial charge >= 0.3 is 0 Å². The van der Waals surface area contributed by atoms with Crippen LogP contribution in [-0.4, -0.2) is 31.7 Å². The molecular weight excluding hydrogens is 292 g/mol. The SMILES string of the molecule is Cl.O=C1NCCCCC1NCc1ccc2c(c1)OCCO2. The molecule has 0 bridgehead atoms. The summed E-state index contributed by atoms with van der Waals surface area (Å²) in [5.74, 6) is 1.70. The average molecular weight is 313 g/mol. The summed E-state index contributed by atoms with van der Waals surface area (Å²) < 4.78 is 11.1. The average Bonchev–Trinajstić information content (AvgIpc) is 2.69. The van der Waals surface area contributed by atoms with Gasteiger partial charge in [-0.05, 0) is 37.0 Å². The van der Waals surface area contributed by atoms with E-state index in [2.05, 4.69) is 10.6 Å². The molecule has 1 saturated heterocycles. The first-order valence-corrected chi connectivity index (χ1v) is 7.22. The van der Waals surface area contributed by atoms with Gasteiger partial charge in [0.05, 0.1) is 6.04 Å². The van der Waals surface area contributed by atoms with Gasteiger partial charge in [-0.1, -0.05) is 6.07 Å². The predicted molar refractivity (Wildman–Crippen MR) is 82.2 cm³/mol. The molecule has 5 nitrogen and oxygen atoms in total. The number of carbonyl (C=O) groups excluding carboxylic acids is 1. The standard InChI is InChI=1S/C15H20N2O3.ClH/c18-15-12(3-1-2-6-16-15)17-10-11-4-5-13-14(9-11)20-8-7-19-13;/h4-5,9,12,17H,1-3,6-8,10H2,(H,16,18);1H. The predicted octanol–water partition coefficient (Wildman–Crippen LogP) is 1.64. The van der Waals surface area contributed by atoms with Crippen LogP contribution in [0.15, 0.2) is 18.2 Å². The summed E-state index contributed by atoms with van der Waals surface area (Å²) >= 11 is 0. The van der Waals surface area contributed by atoms with Crippen LogP contribution in [0.25, 0.3) is 0 Å². The smallest absolute Gasteiger partial charge is 0.237 e. The van der Waals surface area contributed by atoms with Crippen molar-refractivity contribution in [3.8, 4) is 11.5 Å². The van der Waals surface area contributed by atoms with Crippen molar-refractivity contribution in [3.05, 3.63) is 23.8 Å². The minimum atomic E-state index is -0.0919. The van der Waals surface area contributed by atoms with Gasteiger partial charge in [-0.3, -0.25) is 4.79 Å². The van der Waals surface area contributed by atoms with Crippen molar-refractivity contribution in [2.75, 3.05) is 19.8 Å². The molecule has 1 fully saturated rings. The highest BCUT2D eigenvalue weighted by Gasteiger charge is 2.20. The number of carbonyl (C=O) groups is 1. The van der Waals surface area contributed by atoms with E-state index in [4.69, 9.17) is 9.47 Å². The quantitative estimate of drug-likeness (QED) is 0.891. The topological polar surface area (TPSA) is 59.6 Å². The first-order valence-electron chi connectivity index (χ1n) is 7.22. The lowest BCUT2D eigenvalue weighted by Gasteiger charge is -2.20. The zero-order valence-corrected chi connectivity index (χ0v) is 12.7. The van der Waals surface area contributed by atoms with Crippen molar-refractivity contribution in [1.82, 2.24) is 10.6 Å². The van der Waals surface area contributed by atoms with E-state index in [1.807, 2.05) is 18.2 Å². The fourth-order valence-corrected chi connectivity index (χ4v) is 2.57. The Labute approximate surface area is 130 Å². The van der Waals surface area contributed by atoms with Gasteiger partial charge in [-0.15, -0.1) is 12.4 Å². The maximum Gasteiger partial charge on any atom is 0.237 e. The molecule has 1 unspecified atom stereocenters. The molecule has 1 aromatic carbocycles. The molecule has 0 spiro atoms. The lowest BCUT2D eigenvalue weighted by Crippen LogP contribution is -2.42. The maximum absolute atomic E-state index is 11.8. The Balaban J connectivity index is 0.00000161. The minimum Gasteiger partial charge on any atom is -0.486 e. The molecule has 1 aromatic rings. The largest absolute Gasteiger partial charge is 0.486 e. The second-order valence-corrected chi connectivity index (χ2v) is 5.20. The number of amides is 1. The monoisotopic (exact) mass is 312 g/mol. The van der Waals surface area contributed by atoms with Crippen LogP contribution in [0.5, 0.6) is 11.5 Å². The fourth-order valence-electron chi connectivity index (χ4n) is 2.57. The minimum absolute atomic E-state index is 0. The van der Waals surface area contributed by atoms with Crippen LogP contribution in [0.4, 0.5) is 0 Å². The summed E-state index contributed by atoms with van der Waals surface area (Å²) in [5, 5.41) is 6.26. The fraction of sp³-hybridized carbons (Fsp3) is 0.533. The van der Waals surface area contributed by atoms with Gasteiger partial charge in [0.2, 0.25) is 5.91 Å². The molecule has 116 valence electrons. The van der Waals surface area contributed by atoms with Crippen LogP contribution in [0.3, 0.4) is 0 Å². The Morgan fingerprint density at radius 2 is 2.00 bits per heavy atom. The number of rotatable bonds is 3. The molecular formula is C15H21ClN2O3. The van der Waals surface area contributed by atoms with Crippen molar-refractivity contribution in [1.29, 1.82) is 0 Å². The molecule has 0 aromatic heterocycles. The molecule has 2 aliphatic heterocycles. The number of nitrogens with one attached hydrogen (secondary N) is 2. The van der Waals surface area contributed by atoms with Crippen LogP contribution >= 0.6 is 12.4 Å². The first kappa shape index (κ1) is 15.9. The van der Waals surface area contributed by atoms with Crippen molar-refractivity contribution in [3.63, 3.8) is 0 Å². The first-order chi connectivity index (χ1) is 9.83. The number of benzene rings is 1. The Bertz CT molecular complexity index is 496. The van der Waals surface area contributed by atoms with Gasteiger partial charge in [-0.2, -0.15) is 0 Å². The second-order valence-electron chi connectivity index (χ2n) is 5.20. The van der Waals surface area contributed by atoms with Crippen LogP contribution in [0, 0.1) is 0 Å². The van der Waals surface area contributed by atoms with Crippen molar-refractivity contribution in [2.45, 2.75) is 31.8 Å². The maximum atomic E-state index is 11.8. The van der Waals surface area contributed by atoms with Crippen LogP contribution in [0.2, 0.25) is 0 Å². The molecule has 1 atom stereocenters. The summed E-state index contributed by atoms with van der Waals surface area (Å²) in [6.45, 7) is 2.65. The van der Waals surface area contributed by atoms with Crippen LogP contribution in [-0.2, 0) is 11.3 Å². The lowest BCUT2D eigenvalue weighted by molar-refractivity contribution is -0.122. The van der Waals surface area contributed by atoms with Gasteiger partial charge in [0, 0.05) is 13.1 Å². The molecule has 1 amide bonds. The van der Waals surface area contributed by atoms with Crippen molar-refractivity contribution < 1.29 is 14.3 Å². The summed E-state index contributed by atoms with van der Waals surface area (Å²) in [6, 6.07) is 5.83. The molecule has 2 N–H and O–H groups in total. The van der Waals surface area contributed by atoms with E-state index in [0.717, 1.165) is 42.9 Å². The number of hydrogen-bond acceptors (Lipinski definition) is 4. The van der Waals surface area contributed by atoms with E-state index in [1.54, 1.807) is 0 Å². The second kappa shape index (κ2) is 7.52.